The topological polar surface area (TPSA) is 26.0 Å². The quantitative estimate of drug-likeness (QED) is 0.575. The molecule has 0 amide bonds. The molecular weight excluding hydrogens is 138 g/mol. The molecule has 0 aliphatic carbocycles. The fourth-order valence-corrected chi connectivity index (χ4v) is 0.987. The first-order valence-electron chi connectivity index (χ1n) is 3.18. The molecule has 0 atom stereocenters. The van der Waals surface area contributed by atoms with Crippen LogP contribution in [-0.4, -0.2) is 4.98 Å². The van der Waals surface area contributed by atoms with E-state index in [1.165, 1.54) is 0 Å². The summed E-state index contributed by atoms with van der Waals surface area (Å²) in [6.45, 7) is 1.85. The zero-order valence-corrected chi connectivity index (χ0v) is 5.66. The second kappa shape index (κ2) is 2.74. The minimum Gasteiger partial charge on any atom is -0.441 e. The van der Waals surface area contributed by atoms with E-state index in [9.17, 15) is 0 Å². The van der Waals surface area contributed by atoms with E-state index >= 15 is 0 Å². The third-order valence-corrected chi connectivity index (χ3v) is 1.40. The van der Waals surface area contributed by atoms with E-state index in [4.69, 9.17) is 4.42 Å². The van der Waals surface area contributed by atoms with Crippen molar-refractivity contribution in [2.75, 3.05) is 0 Å². The molecule has 0 saturated heterocycles. The smallest absolute Gasteiger partial charge is 0.192 e. The van der Waals surface area contributed by atoms with Gasteiger partial charge < -0.3 is 4.42 Å². The Balaban J connectivity index is 0.000000605. The average molecular weight is 149 g/mol. The van der Waals surface area contributed by atoms with Crippen molar-refractivity contribution in [1.82, 2.24) is 4.98 Å². The van der Waals surface area contributed by atoms with Crippen LogP contribution in [0.4, 0.5) is 0 Å². The monoisotopic (exact) mass is 149 g/mol. The minimum absolute atomic E-state index is 0. The largest absolute Gasteiger partial charge is 0.441 e. The van der Waals surface area contributed by atoms with Crippen LogP contribution >= 0.6 is 0 Å². The van der Waals surface area contributed by atoms with Crippen LogP contribution in [-0.2, 0) is 0 Å². The highest BCUT2D eigenvalue weighted by molar-refractivity contribution is 5.71. The Bertz CT molecular complexity index is 318. The molecule has 58 valence electrons. The molecule has 2 rings (SSSR count). The van der Waals surface area contributed by atoms with Gasteiger partial charge in [0.25, 0.3) is 0 Å². The number of benzene rings is 1. The van der Waals surface area contributed by atoms with Gasteiger partial charge in [-0.25, -0.2) is 4.98 Å². The van der Waals surface area contributed by atoms with Crippen LogP contribution in [0.1, 0.15) is 13.3 Å². The summed E-state index contributed by atoms with van der Waals surface area (Å²) in [5.41, 5.74) is 1.79. The molecule has 2 nitrogen and oxygen atoms in total. The number of hydrogen-bond donors (Lipinski definition) is 0. The molecule has 0 N–H and O–H groups in total. The van der Waals surface area contributed by atoms with E-state index in [1.807, 2.05) is 31.2 Å². The number of aryl methyl sites for hydroxylation is 1. The maximum absolute atomic E-state index is 5.26. The van der Waals surface area contributed by atoms with E-state index in [-0.39, 0.29) is 7.43 Å². The molecule has 0 saturated carbocycles. The van der Waals surface area contributed by atoms with Crippen molar-refractivity contribution in [2.45, 2.75) is 14.4 Å². The van der Waals surface area contributed by atoms with Crippen LogP contribution in [0.25, 0.3) is 11.1 Å². The first-order chi connectivity index (χ1) is 4.86. The summed E-state index contributed by atoms with van der Waals surface area (Å²) >= 11 is 0. The van der Waals surface area contributed by atoms with Gasteiger partial charge in [0.1, 0.15) is 5.52 Å². The highest BCUT2D eigenvalue weighted by atomic mass is 16.3. The zero-order valence-electron chi connectivity index (χ0n) is 5.66. The lowest BCUT2D eigenvalue weighted by Crippen LogP contribution is -1.65. The second-order valence-electron chi connectivity index (χ2n) is 2.20. The summed E-state index contributed by atoms with van der Waals surface area (Å²) < 4.78 is 5.26. The summed E-state index contributed by atoms with van der Waals surface area (Å²) in [5.74, 6) is 0.723. The molecule has 2 heteroatoms. The molecule has 0 aliphatic rings. The van der Waals surface area contributed by atoms with Crippen LogP contribution in [0.3, 0.4) is 0 Å². The molecular formula is C9H11NO. The van der Waals surface area contributed by atoms with E-state index < -0.39 is 0 Å². The van der Waals surface area contributed by atoms with Crippen LogP contribution in [0, 0.1) is 6.92 Å². The first-order valence-corrected chi connectivity index (χ1v) is 3.18. The molecule has 0 fully saturated rings. The van der Waals surface area contributed by atoms with Crippen molar-refractivity contribution in [2.24, 2.45) is 0 Å². The number of hydrogen-bond acceptors (Lipinski definition) is 2. The van der Waals surface area contributed by atoms with Gasteiger partial charge in [0.15, 0.2) is 11.5 Å². The summed E-state index contributed by atoms with van der Waals surface area (Å²) in [6.07, 6.45) is 0. The van der Waals surface area contributed by atoms with Crippen molar-refractivity contribution >= 4 is 11.1 Å². The SMILES string of the molecule is C.Cc1nc2ccccc2o1. The van der Waals surface area contributed by atoms with E-state index in [1.54, 1.807) is 0 Å². The van der Waals surface area contributed by atoms with E-state index in [0.29, 0.717) is 0 Å². The fourth-order valence-electron chi connectivity index (χ4n) is 0.987. The van der Waals surface area contributed by atoms with Crippen LogP contribution in [0.15, 0.2) is 28.7 Å². The van der Waals surface area contributed by atoms with Gasteiger partial charge in [0, 0.05) is 6.92 Å². The minimum atomic E-state index is 0. The van der Waals surface area contributed by atoms with Gasteiger partial charge in [0.05, 0.1) is 0 Å². The lowest BCUT2D eigenvalue weighted by Gasteiger charge is -1.79. The maximum atomic E-state index is 5.26. The Kier molecular flexibility index (Phi) is 1.94. The van der Waals surface area contributed by atoms with Gasteiger partial charge in [0.2, 0.25) is 0 Å². The summed E-state index contributed by atoms with van der Waals surface area (Å²) in [4.78, 5) is 4.15. The molecule has 0 unspecified atom stereocenters. The molecule has 1 aromatic carbocycles. The average Bonchev–Trinajstić information content (AvgIpc) is 2.27. The molecule has 0 radical (unpaired) electrons. The van der Waals surface area contributed by atoms with Crippen molar-refractivity contribution in [1.29, 1.82) is 0 Å². The Morgan fingerprint density at radius 1 is 1.27 bits per heavy atom. The number of fused-ring (bicyclic) bond motifs is 1. The van der Waals surface area contributed by atoms with Gasteiger partial charge in [-0.05, 0) is 12.1 Å². The van der Waals surface area contributed by atoms with E-state index in [0.717, 1.165) is 17.0 Å². The normalized spacial score (nSPS) is 9.55. The van der Waals surface area contributed by atoms with Gasteiger partial charge in [-0.15, -0.1) is 0 Å². The Labute approximate surface area is 65.9 Å². The third kappa shape index (κ3) is 1.24. The maximum Gasteiger partial charge on any atom is 0.192 e. The van der Waals surface area contributed by atoms with Crippen molar-refractivity contribution in [3.63, 3.8) is 0 Å². The molecule has 1 aromatic heterocycles. The Morgan fingerprint density at radius 2 is 2.00 bits per heavy atom. The Morgan fingerprint density at radius 3 is 2.73 bits per heavy atom. The summed E-state index contributed by atoms with van der Waals surface area (Å²) in [6, 6.07) is 7.73. The highest BCUT2D eigenvalue weighted by Crippen LogP contribution is 2.12. The van der Waals surface area contributed by atoms with Crippen LogP contribution in [0.5, 0.6) is 0 Å². The van der Waals surface area contributed by atoms with Gasteiger partial charge in [-0.1, -0.05) is 19.6 Å². The molecule has 0 spiro atoms. The van der Waals surface area contributed by atoms with Crippen LogP contribution < -0.4 is 0 Å². The predicted octanol–water partition coefficient (Wildman–Crippen LogP) is 2.77. The van der Waals surface area contributed by atoms with Crippen molar-refractivity contribution in [3.05, 3.63) is 30.2 Å². The highest BCUT2D eigenvalue weighted by Gasteiger charge is 1.97. The van der Waals surface area contributed by atoms with Crippen molar-refractivity contribution in [3.8, 4) is 0 Å². The first kappa shape index (κ1) is 7.79. The lowest BCUT2D eigenvalue weighted by atomic mass is 10.3. The Hall–Kier alpha value is -1.31. The van der Waals surface area contributed by atoms with Crippen molar-refractivity contribution < 1.29 is 4.42 Å². The van der Waals surface area contributed by atoms with Gasteiger partial charge in [-0.2, -0.15) is 0 Å². The summed E-state index contributed by atoms with van der Waals surface area (Å²) in [7, 11) is 0. The molecule has 11 heavy (non-hydrogen) atoms. The number of aromatic nitrogens is 1. The number of oxazole rings is 1. The number of nitrogens with zero attached hydrogens (tertiary/aromatic N) is 1. The fraction of sp³-hybridized carbons (Fsp3) is 0.222. The van der Waals surface area contributed by atoms with Crippen LogP contribution in [0.2, 0.25) is 0 Å². The molecule has 0 bridgehead atoms. The molecule has 1 heterocycles. The molecule has 2 aromatic rings. The number of para-hydroxylation sites is 2. The van der Waals surface area contributed by atoms with E-state index in [2.05, 4.69) is 4.98 Å². The summed E-state index contributed by atoms with van der Waals surface area (Å²) in [5, 5.41) is 0. The lowest BCUT2D eigenvalue weighted by molar-refractivity contribution is 0.561. The predicted molar refractivity (Wildman–Crippen MR) is 45.5 cm³/mol. The van der Waals surface area contributed by atoms with Gasteiger partial charge in [-0.3, -0.25) is 0 Å². The molecule has 0 aliphatic heterocycles. The zero-order chi connectivity index (χ0) is 6.97. The third-order valence-electron chi connectivity index (χ3n) is 1.40. The number of rotatable bonds is 0. The van der Waals surface area contributed by atoms with Gasteiger partial charge >= 0.3 is 0 Å². The second-order valence-corrected chi connectivity index (χ2v) is 2.20. The standard InChI is InChI=1S/C8H7NO.CH4/c1-6-9-7-4-2-3-5-8(7)10-6;/h2-5H,1H3;1H4.